The van der Waals surface area contributed by atoms with E-state index in [1.807, 2.05) is 17.5 Å². The Labute approximate surface area is 161 Å². The van der Waals surface area contributed by atoms with Gasteiger partial charge in [0.05, 0.1) is 33.0 Å². The van der Waals surface area contributed by atoms with Gasteiger partial charge in [0.2, 0.25) is 0 Å². The van der Waals surface area contributed by atoms with Crippen molar-refractivity contribution in [3.05, 3.63) is 52.2 Å². The standard InChI is InChI=1S/C19H22N2O5S/c1-19(13-5-7-15(25-2)8-6-13)17(23)21(18(24)20-19)10-14(22)11-26-12-16-4-3-9-27-16/h3-9,14,22H,10-12H2,1-2H3,(H,20,24)/t14-,19-/m0/s1. The lowest BCUT2D eigenvalue weighted by Crippen LogP contribution is -2.42. The van der Waals surface area contributed by atoms with E-state index in [0.29, 0.717) is 17.9 Å². The van der Waals surface area contributed by atoms with Gasteiger partial charge in [0, 0.05) is 4.88 Å². The van der Waals surface area contributed by atoms with Crippen molar-refractivity contribution in [2.75, 3.05) is 20.3 Å². The van der Waals surface area contributed by atoms with Gasteiger partial charge >= 0.3 is 6.03 Å². The van der Waals surface area contributed by atoms with Crippen LogP contribution in [0.4, 0.5) is 4.79 Å². The Balaban J connectivity index is 1.60. The molecule has 0 radical (unpaired) electrons. The van der Waals surface area contributed by atoms with Crippen molar-refractivity contribution < 1.29 is 24.2 Å². The number of β-amino-alcohol motifs (C(OH)–C–C–N with tert-alkyl or cyclic N) is 1. The number of amides is 3. The molecule has 2 N–H and O–H groups in total. The minimum atomic E-state index is -1.18. The van der Waals surface area contributed by atoms with Crippen molar-refractivity contribution in [1.82, 2.24) is 10.2 Å². The zero-order valence-corrected chi connectivity index (χ0v) is 16.0. The molecule has 0 bridgehead atoms. The molecule has 144 valence electrons. The van der Waals surface area contributed by atoms with E-state index < -0.39 is 23.6 Å². The minimum absolute atomic E-state index is 0.0359. The Hall–Kier alpha value is -2.42. The maximum absolute atomic E-state index is 12.8. The number of carbonyl (C=O) groups is 2. The van der Waals surface area contributed by atoms with Gasteiger partial charge in [-0.25, -0.2) is 4.79 Å². The minimum Gasteiger partial charge on any atom is -0.497 e. The molecule has 3 rings (SSSR count). The van der Waals surface area contributed by atoms with E-state index in [1.54, 1.807) is 49.6 Å². The quantitative estimate of drug-likeness (QED) is 0.674. The third kappa shape index (κ3) is 4.13. The second kappa shape index (κ2) is 8.08. The molecule has 0 unspecified atom stereocenters. The molecule has 1 aliphatic heterocycles. The molecular weight excluding hydrogens is 368 g/mol. The summed E-state index contributed by atoms with van der Waals surface area (Å²) in [6, 6.07) is 10.3. The fourth-order valence-electron chi connectivity index (χ4n) is 2.94. The molecule has 2 heterocycles. The van der Waals surface area contributed by atoms with Crippen LogP contribution >= 0.6 is 11.3 Å². The largest absolute Gasteiger partial charge is 0.497 e. The van der Waals surface area contributed by atoms with Crippen LogP contribution in [0.5, 0.6) is 5.75 Å². The summed E-state index contributed by atoms with van der Waals surface area (Å²) in [5, 5.41) is 14.8. The Bertz CT molecular complexity index is 793. The van der Waals surface area contributed by atoms with Gasteiger partial charge in [0.25, 0.3) is 5.91 Å². The maximum Gasteiger partial charge on any atom is 0.325 e. The molecule has 0 saturated carbocycles. The lowest BCUT2D eigenvalue weighted by Gasteiger charge is -2.23. The van der Waals surface area contributed by atoms with Crippen LogP contribution in [-0.4, -0.2) is 48.3 Å². The monoisotopic (exact) mass is 390 g/mol. The highest BCUT2D eigenvalue weighted by molar-refractivity contribution is 7.09. The smallest absolute Gasteiger partial charge is 0.325 e. The third-order valence-electron chi connectivity index (χ3n) is 4.47. The average molecular weight is 390 g/mol. The Morgan fingerprint density at radius 2 is 2.00 bits per heavy atom. The lowest BCUT2D eigenvalue weighted by atomic mass is 9.92. The first-order valence-electron chi connectivity index (χ1n) is 8.51. The summed E-state index contributed by atoms with van der Waals surface area (Å²) in [4.78, 5) is 27.2. The first kappa shape index (κ1) is 19.3. The van der Waals surface area contributed by atoms with Gasteiger partial charge in [-0.05, 0) is 36.1 Å². The Morgan fingerprint density at radius 3 is 2.63 bits per heavy atom. The number of aliphatic hydroxyl groups excluding tert-OH is 1. The first-order chi connectivity index (χ1) is 12.9. The summed E-state index contributed by atoms with van der Waals surface area (Å²) >= 11 is 1.56. The van der Waals surface area contributed by atoms with Gasteiger partial charge < -0.3 is 19.9 Å². The zero-order valence-electron chi connectivity index (χ0n) is 15.2. The van der Waals surface area contributed by atoms with Crippen LogP contribution in [0.15, 0.2) is 41.8 Å². The lowest BCUT2D eigenvalue weighted by molar-refractivity contribution is -0.132. The molecular formula is C19H22N2O5S. The van der Waals surface area contributed by atoms with E-state index >= 15 is 0 Å². The van der Waals surface area contributed by atoms with Crippen LogP contribution in [0.1, 0.15) is 17.4 Å². The number of urea groups is 1. The number of rotatable bonds is 8. The van der Waals surface area contributed by atoms with Crippen molar-refractivity contribution >= 4 is 23.3 Å². The Kier molecular flexibility index (Phi) is 5.79. The van der Waals surface area contributed by atoms with Gasteiger partial charge in [-0.2, -0.15) is 0 Å². The van der Waals surface area contributed by atoms with Gasteiger partial charge in [0.15, 0.2) is 0 Å². The molecule has 2 atom stereocenters. The number of benzene rings is 1. The summed E-state index contributed by atoms with van der Waals surface area (Å²) < 4.78 is 10.6. The van der Waals surface area contributed by atoms with Crippen LogP contribution < -0.4 is 10.1 Å². The van der Waals surface area contributed by atoms with Crippen molar-refractivity contribution in [2.45, 2.75) is 25.2 Å². The zero-order chi connectivity index (χ0) is 19.4. The third-order valence-corrected chi connectivity index (χ3v) is 5.32. The van der Waals surface area contributed by atoms with E-state index in [9.17, 15) is 14.7 Å². The Morgan fingerprint density at radius 1 is 1.26 bits per heavy atom. The van der Waals surface area contributed by atoms with Gasteiger partial charge in [-0.1, -0.05) is 18.2 Å². The summed E-state index contributed by atoms with van der Waals surface area (Å²) in [6.07, 6.45) is -0.960. The van der Waals surface area contributed by atoms with Crippen molar-refractivity contribution in [3.8, 4) is 5.75 Å². The molecule has 1 aromatic carbocycles. The normalized spacial score (nSPS) is 20.6. The van der Waals surface area contributed by atoms with Crippen molar-refractivity contribution in [3.63, 3.8) is 0 Å². The second-order valence-electron chi connectivity index (χ2n) is 6.45. The average Bonchev–Trinajstić information content (AvgIpc) is 3.25. The topological polar surface area (TPSA) is 88.1 Å². The molecule has 27 heavy (non-hydrogen) atoms. The first-order valence-corrected chi connectivity index (χ1v) is 9.39. The number of carbonyl (C=O) groups excluding carboxylic acids is 2. The highest BCUT2D eigenvalue weighted by Gasteiger charge is 2.49. The van der Waals surface area contributed by atoms with E-state index in [1.165, 1.54) is 0 Å². The van der Waals surface area contributed by atoms with Crippen molar-refractivity contribution in [1.29, 1.82) is 0 Å². The van der Waals surface area contributed by atoms with Gasteiger partial charge in [-0.15, -0.1) is 11.3 Å². The maximum atomic E-state index is 12.8. The highest BCUT2D eigenvalue weighted by atomic mass is 32.1. The molecule has 1 saturated heterocycles. The molecule has 3 amide bonds. The fourth-order valence-corrected chi connectivity index (χ4v) is 3.58. The second-order valence-corrected chi connectivity index (χ2v) is 7.48. The van der Waals surface area contributed by atoms with E-state index in [0.717, 1.165) is 9.78 Å². The van der Waals surface area contributed by atoms with Crippen molar-refractivity contribution in [2.24, 2.45) is 0 Å². The van der Waals surface area contributed by atoms with Gasteiger partial charge in [-0.3, -0.25) is 9.69 Å². The summed E-state index contributed by atoms with van der Waals surface area (Å²) in [5.41, 5.74) is -0.534. The van der Waals surface area contributed by atoms with Crippen LogP contribution in [0.2, 0.25) is 0 Å². The van der Waals surface area contributed by atoms with Crippen LogP contribution in [-0.2, 0) is 21.7 Å². The molecule has 8 heteroatoms. The molecule has 1 fully saturated rings. The number of aliphatic hydroxyl groups is 1. The van der Waals surface area contributed by atoms with E-state index in [2.05, 4.69) is 5.32 Å². The van der Waals surface area contributed by atoms with E-state index in [4.69, 9.17) is 9.47 Å². The number of hydrogen-bond donors (Lipinski definition) is 2. The molecule has 0 spiro atoms. The van der Waals surface area contributed by atoms with E-state index in [-0.39, 0.29) is 13.2 Å². The highest BCUT2D eigenvalue weighted by Crippen LogP contribution is 2.30. The number of methoxy groups -OCH3 is 1. The van der Waals surface area contributed by atoms with Crippen LogP contribution in [0.3, 0.4) is 0 Å². The summed E-state index contributed by atoms with van der Waals surface area (Å²) in [7, 11) is 1.56. The van der Waals surface area contributed by atoms with Crippen LogP contribution in [0, 0.1) is 0 Å². The predicted octanol–water partition coefficient (Wildman–Crippen LogP) is 2.10. The number of nitrogens with zero attached hydrogens (tertiary/aromatic N) is 1. The molecule has 2 aromatic rings. The molecule has 1 aliphatic rings. The molecule has 7 nitrogen and oxygen atoms in total. The number of nitrogens with one attached hydrogen (secondary N) is 1. The SMILES string of the molecule is COc1ccc([C@]2(C)NC(=O)N(C[C@H](O)COCc3cccs3)C2=O)cc1. The summed E-state index contributed by atoms with van der Waals surface area (Å²) in [6.45, 7) is 1.95. The number of ether oxygens (including phenoxy) is 2. The fraction of sp³-hybridized carbons (Fsp3) is 0.368. The number of thiophene rings is 1. The number of imide groups is 1. The summed E-state index contributed by atoms with van der Waals surface area (Å²) in [5.74, 6) is 0.254. The predicted molar refractivity (Wildman–Crippen MR) is 101 cm³/mol. The molecule has 0 aliphatic carbocycles. The van der Waals surface area contributed by atoms with Gasteiger partial charge in [0.1, 0.15) is 11.3 Å². The molecule has 1 aromatic heterocycles. The number of hydrogen-bond acceptors (Lipinski definition) is 6. The van der Waals surface area contributed by atoms with Crippen LogP contribution in [0.25, 0.3) is 0 Å².